The van der Waals surface area contributed by atoms with Gasteiger partial charge in [0.2, 0.25) is 5.91 Å². The molecule has 5 heteroatoms. The summed E-state index contributed by atoms with van der Waals surface area (Å²) in [6.07, 6.45) is 2.31. The molecule has 1 aliphatic rings. The van der Waals surface area contributed by atoms with Crippen LogP contribution in [0.4, 0.5) is 5.69 Å². The molecule has 0 bridgehead atoms. The summed E-state index contributed by atoms with van der Waals surface area (Å²) in [5.74, 6) is -0.00694. The number of carbonyl (C=O) groups excluding carboxylic acids is 1. The first-order chi connectivity index (χ1) is 9.58. The van der Waals surface area contributed by atoms with Crippen molar-refractivity contribution in [2.75, 3.05) is 32.0 Å². The van der Waals surface area contributed by atoms with Gasteiger partial charge in [0.1, 0.15) is 0 Å². The van der Waals surface area contributed by atoms with E-state index >= 15 is 0 Å². The second kappa shape index (κ2) is 7.07. The number of hydrogen-bond acceptors (Lipinski definition) is 3. The van der Waals surface area contributed by atoms with Crippen LogP contribution >= 0.6 is 11.6 Å². The molecule has 110 valence electrons. The van der Waals surface area contributed by atoms with E-state index in [0.29, 0.717) is 23.3 Å². The molecule has 1 aliphatic heterocycles. The summed E-state index contributed by atoms with van der Waals surface area (Å²) >= 11 is 6.12. The van der Waals surface area contributed by atoms with Crippen molar-refractivity contribution < 1.29 is 4.79 Å². The second-order valence-corrected chi connectivity index (χ2v) is 5.80. The minimum atomic E-state index is -0.00694. The molecule has 0 aromatic heterocycles. The third-order valence-electron chi connectivity index (χ3n) is 3.68. The smallest absolute Gasteiger partial charge is 0.238 e. The predicted octanol–water partition coefficient (Wildman–Crippen LogP) is 2.27. The molecule has 4 nitrogen and oxygen atoms in total. The van der Waals surface area contributed by atoms with Crippen molar-refractivity contribution in [2.45, 2.75) is 25.8 Å². The number of nitrogens with zero attached hydrogens (tertiary/aromatic N) is 1. The zero-order chi connectivity index (χ0) is 14.5. The Morgan fingerprint density at radius 1 is 1.50 bits per heavy atom. The highest BCUT2D eigenvalue weighted by molar-refractivity contribution is 6.33. The van der Waals surface area contributed by atoms with Gasteiger partial charge in [0.25, 0.3) is 0 Å². The van der Waals surface area contributed by atoms with E-state index in [1.54, 1.807) is 0 Å². The first-order valence-electron chi connectivity index (χ1n) is 7.04. The zero-order valence-electron chi connectivity index (χ0n) is 12.1. The maximum Gasteiger partial charge on any atom is 0.238 e. The van der Waals surface area contributed by atoms with E-state index in [1.165, 1.54) is 6.42 Å². The monoisotopic (exact) mass is 295 g/mol. The highest BCUT2D eigenvalue weighted by atomic mass is 35.5. The quantitative estimate of drug-likeness (QED) is 0.896. The van der Waals surface area contributed by atoms with E-state index in [0.717, 1.165) is 25.1 Å². The largest absolute Gasteiger partial charge is 0.324 e. The third-order valence-corrected chi connectivity index (χ3v) is 3.99. The van der Waals surface area contributed by atoms with Crippen LogP contribution in [0.2, 0.25) is 5.02 Å². The highest BCUT2D eigenvalue weighted by Gasteiger charge is 2.20. The summed E-state index contributed by atoms with van der Waals surface area (Å²) in [5, 5.41) is 6.75. The Morgan fingerprint density at radius 2 is 2.30 bits per heavy atom. The zero-order valence-corrected chi connectivity index (χ0v) is 12.8. The van der Waals surface area contributed by atoms with Crippen molar-refractivity contribution >= 4 is 23.2 Å². The molecule has 1 unspecified atom stereocenters. The van der Waals surface area contributed by atoms with Crippen LogP contribution in [-0.4, -0.2) is 43.5 Å². The fourth-order valence-electron chi connectivity index (χ4n) is 2.55. The number of benzene rings is 1. The normalized spacial score (nSPS) is 19.9. The molecule has 1 aromatic carbocycles. The predicted molar refractivity (Wildman–Crippen MR) is 83.3 cm³/mol. The van der Waals surface area contributed by atoms with Crippen LogP contribution in [0.15, 0.2) is 18.2 Å². The summed E-state index contributed by atoms with van der Waals surface area (Å²) in [4.78, 5) is 14.3. The van der Waals surface area contributed by atoms with Crippen molar-refractivity contribution in [1.82, 2.24) is 10.2 Å². The molecule has 2 N–H and O–H groups in total. The van der Waals surface area contributed by atoms with Crippen molar-refractivity contribution in [1.29, 1.82) is 0 Å². The maximum absolute atomic E-state index is 12.1. The second-order valence-electron chi connectivity index (χ2n) is 5.39. The van der Waals surface area contributed by atoms with Crippen molar-refractivity contribution in [3.05, 3.63) is 28.8 Å². The van der Waals surface area contributed by atoms with Gasteiger partial charge in [-0.2, -0.15) is 0 Å². The molecule has 0 saturated carbocycles. The number of carbonyl (C=O) groups is 1. The van der Waals surface area contributed by atoms with Gasteiger partial charge in [0, 0.05) is 12.6 Å². The molecule has 0 spiro atoms. The van der Waals surface area contributed by atoms with Crippen molar-refractivity contribution in [3.63, 3.8) is 0 Å². The first-order valence-corrected chi connectivity index (χ1v) is 7.42. The average Bonchev–Trinajstić information content (AvgIpc) is 2.42. The maximum atomic E-state index is 12.1. The van der Waals surface area contributed by atoms with E-state index < -0.39 is 0 Å². The summed E-state index contributed by atoms with van der Waals surface area (Å²) in [5.41, 5.74) is 1.77. The fourth-order valence-corrected chi connectivity index (χ4v) is 2.83. The number of nitrogens with one attached hydrogen (secondary N) is 2. The Kier molecular flexibility index (Phi) is 5.40. The van der Waals surface area contributed by atoms with Crippen LogP contribution in [0.5, 0.6) is 0 Å². The molecule has 1 atom stereocenters. The minimum Gasteiger partial charge on any atom is -0.324 e. The number of likely N-dealkylation sites (tertiary alicyclic amines) is 1. The Bertz CT molecular complexity index is 478. The Hall–Kier alpha value is -1.10. The molecule has 20 heavy (non-hydrogen) atoms. The van der Waals surface area contributed by atoms with Crippen LogP contribution in [0.3, 0.4) is 0 Å². The molecule has 1 aromatic rings. The van der Waals surface area contributed by atoms with E-state index in [-0.39, 0.29) is 5.91 Å². The number of amides is 1. The average molecular weight is 296 g/mol. The molecule has 2 rings (SSSR count). The number of halogens is 1. The molecular formula is C15H22ClN3O. The number of rotatable bonds is 4. The van der Waals surface area contributed by atoms with Gasteiger partial charge in [-0.15, -0.1) is 0 Å². The number of hydrogen-bond donors (Lipinski definition) is 2. The first kappa shape index (κ1) is 15.3. The van der Waals surface area contributed by atoms with Crippen molar-refractivity contribution in [2.24, 2.45) is 0 Å². The lowest BCUT2D eigenvalue weighted by atomic mass is 10.1. The topological polar surface area (TPSA) is 44.4 Å². The van der Waals surface area contributed by atoms with Crippen LogP contribution < -0.4 is 10.6 Å². The Balaban J connectivity index is 1.88. The van der Waals surface area contributed by atoms with Gasteiger partial charge in [-0.05, 0) is 51.1 Å². The number of piperidine rings is 1. The summed E-state index contributed by atoms with van der Waals surface area (Å²) in [6.45, 7) is 4.30. The van der Waals surface area contributed by atoms with Gasteiger partial charge in [0.05, 0.1) is 17.3 Å². The lowest BCUT2D eigenvalue weighted by Crippen LogP contribution is -2.46. The molecule has 1 amide bonds. The third kappa shape index (κ3) is 4.20. The molecular weight excluding hydrogens is 274 g/mol. The Morgan fingerprint density at radius 3 is 3.00 bits per heavy atom. The van der Waals surface area contributed by atoms with E-state index in [1.807, 2.05) is 32.2 Å². The van der Waals surface area contributed by atoms with Crippen LogP contribution in [-0.2, 0) is 4.79 Å². The molecule has 0 aliphatic carbocycles. The fraction of sp³-hybridized carbons (Fsp3) is 0.533. The van der Waals surface area contributed by atoms with E-state index in [4.69, 9.17) is 11.6 Å². The summed E-state index contributed by atoms with van der Waals surface area (Å²) in [6, 6.07) is 6.14. The van der Waals surface area contributed by atoms with Gasteiger partial charge in [0.15, 0.2) is 0 Å². The Labute approximate surface area is 125 Å². The molecule has 0 radical (unpaired) electrons. The van der Waals surface area contributed by atoms with Gasteiger partial charge >= 0.3 is 0 Å². The van der Waals surface area contributed by atoms with Crippen LogP contribution in [0.25, 0.3) is 0 Å². The lowest BCUT2D eigenvalue weighted by molar-refractivity contribution is -0.117. The molecule has 1 saturated heterocycles. The minimum absolute atomic E-state index is 0.00694. The van der Waals surface area contributed by atoms with Crippen LogP contribution in [0, 0.1) is 6.92 Å². The van der Waals surface area contributed by atoms with Gasteiger partial charge in [-0.25, -0.2) is 0 Å². The number of likely N-dealkylation sites (N-methyl/N-ethyl adjacent to an activating group) is 1. The highest BCUT2D eigenvalue weighted by Crippen LogP contribution is 2.22. The standard InChI is InChI=1S/C15H22ClN3O/c1-11-5-6-14(13(16)8-11)18-15(20)10-19-7-3-4-12(9-19)17-2/h5-6,8,12,17H,3-4,7,9-10H2,1-2H3,(H,18,20). The van der Waals surface area contributed by atoms with Crippen molar-refractivity contribution in [3.8, 4) is 0 Å². The SMILES string of the molecule is CNC1CCCN(CC(=O)Nc2ccc(C)cc2Cl)C1. The van der Waals surface area contributed by atoms with Crippen LogP contribution in [0.1, 0.15) is 18.4 Å². The number of anilines is 1. The number of aryl methyl sites for hydroxylation is 1. The van der Waals surface area contributed by atoms with Gasteiger partial charge < -0.3 is 10.6 Å². The summed E-state index contributed by atoms with van der Waals surface area (Å²) in [7, 11) is 1.97. The lowest BCUT2D eigenvalue weighted by Gasteiger charge is -2.31. The van der Waals surface area contributed by atoms with Gasteiger partial charge in [-0.3, -0.25) is 9.69 Å². The molecule has 1 fully saturated rings. The molecule has 1 heterocycles. The van der Waals surface area contributed by atoms with Gasteiger partial charge in [-0.1, -0.05) is 17.7 Å². The van der Waals surface area contributed by atoms with E-state index in [2.05, 4.69) is 15.5 Å². The summed E-state index contributed by atoms with van der Waals surface area (Å²) < 4.78 is 0. The van der Waals surface area contributed by atoms with E-state index in [9.17, 15) is 4.79 Å².